The van der Waals surface area contributed by atoms with E-state index in [1.165, 1.54) is 11.3 Å². The maximum absolute atomic E-state index is 12.3. The molecule has 2 aromatic rings. The van der Waals surface area contributed by atoms with Gasteiger partial charge >= 0.3 is 0 Å². The number of nitrogens with two attached hydrogens (primary N) is 2. The van der Waals surface area contributed by atoms with E-state index in [0.717, 1.165) is 16.1 Å². The molecule has 0 saturated heterocycles. The Morgan fingerprint density at radius 1 is 1.37 bits per heavy atom. The lowest BCUT2D eigenvalue weighted by molar-refractivity contribution is 0.0739. The highest BCUT2D eigenvalue weighted by Gasteiger charge is 2.25. The second-order valence-corrected chi connectivity index (χ2v) is 5.29. The summed E-state index contributed by atoms with van der Waals surface area (Å²) in [6.07, 6.45) is 0.656. The third kappa shape index (κ3) is 2.12. The maximum atomic E-state index is 12.3. The number of thiophene rings is 1. The summed E-state index contributed by atoms with van der Waals surface area (Å²) in [6, 6.07) is 3.69. The molecular formula is C12H13N5OS. The van der Waals surface area contributed by atoms with E-state index < -0.39 is 0 Å². The molecule has 1 aliphatic heterocycles. The average molecular weight is 275 g/mol. The minimum atomic E-state index is 0.0249. The summed E-state index contributed by atoms with van der Waals surface area (Å²) in [6.45, 7) is 1.07. The minimum Gasteiger partial charge on any atom is -0.383 e. The number of nitrogen functional groups attached to an aromatic ring is 2. The van der Waals surface area contributed by atoms with Crippen molar-refractivity contribution in [3.63, 3.8) is 0 Å². The molecule has 3 heterocycles. The van der Waals surface area contributed by atoms with Crippen LogP contribution in [0.2, 0.25) is 0 Å². The lowest BCUT2D eigenvalue weighted by atomic mass is 10.1. The van der Waals surface area contributed by atoms with E-state index in [1.807, 2.05) is 17.5 Å². The van der Waals surface area contributed by atoms with Gasteiger partial charge in [-0.3, -0.25) is 4.79 Å². The second-order valence-electron chi connectivity index (χ2n) is 4.35. The molecule has 19 heavy (non-hydrogen) atoms. The van der Waals surface area contributed by atoms with Crippen molar-refractivity contribution in [1.82, 2.24) is 14.9 Å². The van der Waals surface area contributed by atoms with Crippen molar-refractivity contribution in [2.45, 2.75) is 13.0 Å². The first-order valence-corrected chi connectivity index (χ1v) is 6.76. The Kier molecular flexibility index (Phi) is 2.83. The van der Waals surface area contributed by atoms with Crippen LogP contribution in [0.1, 0.15) is 20.9 Å². The largest absolute Gasteiger partial charge is 0.383 e. The molecule has 3 rings (SSSR count). The summed E-state index contributed by atoms with van der Waals surface area (Å²) in [4.78, 5) is 22.9. The highest BCUT2D eigenvalue weighted by molar-refractivity contribution is 7.12. The fourth-order valence-electron chi connectivity index (χ4n) is 2.19. The van der Waals surface area contributed by atoms with Crippen LogP contribution in [0.5, 0.6) is 0 Å². The maximum Gasteiger partial charge on any atom is 0.264 e. The molecule has 1 aliphatic rings. The zero-order valence-corrected chi connectivity index (χ0v) is 11.0. The highest BCUT2D eigenvalue weighted by Crippen LogP contribution is 2.24. The fraction of sp³-hybridized carbons (Fsp3) is 0.250. The quantitative estimate of drug-likeness (QED) is 0.805. The highest BCUT2D eigenvalue weighted by atomic mass is 32.1. The van der Waals surface area contributed by atoms with Crippen molar-refractivity contribution < 1.29 is 4.79 Å². The number of fused-ring (bicyclic) bond motifs is 1. The number of aromatic nitrogens is 2. The van der Waals surface area contributed by atoms with Crippen molar-refractivity contribution >= 4 is 29.0 Å². The average Bonchev–Trinajstić information content (AvgIpc) is 2.91. The van der Waals surface area contributed by atoms with Crippen LogP contribution in [0.4, 0.5) is 11.8 Å². The molecule has 2 aromatic heterocycles. The summed E-state index contributed by atoms with van der Waals surface area (Å²) < 4.78 is 0. The summed E-state index contributed by atoms with van der Waals surface area (Å²) in [5.74, 6) is 0.581. The second kappa shape index (κ2) is 4.51. The predicted octanol–water partition coefficient (Wildman–Crippen LogP) is 0.901. The number of hydrogen-bond donors (Lipinski definition) is 2. The Balaban J connectivity index is 1.88. The first kappa shape index (κ1) is 11.9. The zero-order chi connectivity index (χ0) is 13.4. The van der Waals surface area contributed by atoms with E-state index in [-0.39, 0.29) is 11.9 Å². The van der Waals surface area contributed by atoms with E-state index >= 15 is 0 Å². The Morgan fingerprint density at radius 3 is 2.95 bits per heavy atom. The van der Waals surface area contributed by atoms with Gasteiger partial charge in [0, 0.05) is 18.5 Å². The van der Waals surface area contributed by atoms with Crippen molar-refractivity contribution in [3.8, 4) is 0 Å². The predicted molar refractivity (Wildman–Crippen MR) is 73.6 cm³/mol. The first-order valence-electron chi connectivity index (χ1n) is 5.88. The first-order chi connectivity index (χ1) is 9.15. The lowest BCUT2D eigenvalue weighted by Crippen LogP contribution is -2.36. The molecule has 0 atom stereocenters. The molecule has 0 bridgehead atoms. The molecule has 1 amide bonds. The lowest BCUT2D eigenvalue weighted by Gasteiger charge is -2.28. The number of nitrogens with zero attached hydrogens (tertiary/aromatic N) is 3. The molecule has 0 spiro atoms. The van der Waals surface area contributed by atoms with Gasteiger partial charge in [-0.15, -0.1) is 11.3 Å². The van der Waals surface area contributed by atoms with Crippen LogP contribution in [0.25, 0.3) is 0 Å². The van der Waals surface area contributed by atoms with E-state index in [4.69, 9.17) is 11.5 Å². The Hall–Kier alpha value is -2.15. The normalized spacial score (nSPS) is 14.2. The molecule has 4 N–H and O–H groups in total. The van der Waals surface area contributed by atoms with Gasteiger partial charge in [0.2, 0.25) is 5.95 Å². The van der Waals surface area contributed by atoms with Crippen molar-refractivity contribution in [1.29, 1.82) is 0 Å². The molecular weight excluding hydrogens is 262 g/mol. The van der Waals surface area contributed by atoms with E-state index in [9.17, 15) is 4.79 Å². The molecule has 0 saturated carbocycles. The van der Waals surface area contributed by atoms with Gasteiger partial charge < -0.3 is 16.4 Å². The molecule has 0 aromatic carbocycles. The van der Waals surface area contributed by atoms with Crippen LogP contribution in [0.15, 0.2) is 17.5 Å². The molecule has 7 heteroatoms. The third-order valence-corrected chi connectivity index (χ3v) is 3.99. The molecule has 0 aliphatic carbocycles. The van der Waals surface area contributed by atoms with Gasteiger partial charge in [-0.25, -0.2) is 4.98 Å². The van der Waals surface area contributed by atoms with Crippen LogP contribution in [-0.4, -0.2) is 27.3 Å². The minimum absolute atomic E-state index is 0.0249. The van der Waals surface area contributed by atoms with Gasteiger partial charge in [0.1, 0.15) is 5.82 Å². The molecule has 98 valence electrons. The molecule has 6 nitrogen and oxygen atoms in total. The van der Waals surface area contributed by atoms with Crippen LogP contribution in [-0.2, 0) is 13.0 Å². The van der Waals surface area contributed by atoms with Crippen LogP contribution < -0.4 is 11.5 Å². The van der Waals surface area contributed by atoms with Crippen molar-refractivity contribution in [2.75, 3.05) is 18.0 Å². The number of hydrogen-bond acceptors (Lipinski definition) is 6. The molecule has 0 fully saturated rings. The van der Waals surface area contributed by atoms with Gasteiger partial charge in [0.25, 0.3) is 5.91 Å². The number of rotatable bonds is 1. The number of carbonyl (C=O) groups excluding carboxylic acids is 1. The monoisotopic (exact) mass is 275 g/mol. The zero-order valence-electron chi connectivity index (χ0n) is 10.2. The Morgan fingerprint density at radius 2 is 2.21 bits per heavy atom. The third-order valence-electron chi connectivity index (χ3n) is 3.13. The van der Waals surface area contributed by atoms with Crippen LogP contribution in [0.3, 0.4) is 0 Å². The number of carbonyl (C=O) groups is 1. The summed E-state index contributed by atoms with van der Waals surface area (Å²) in [5, 5.41) is 1.89. The van der Waals surface area contributed by atoms with Gasteiger partial charge in [-0.1, -0.05) is 6.07 Å². The van der Waals surface area contributed by atoms with Gasteiger partial charge in [0.05, 0.1) is 17.1 Å². The van der Waals surface area contributed by atoms with E-state index in [1.54, 1.807) is 4.90 Å². The Bertz CT molecular complexity index is 625. The summed E-state index contributed by atoms with van der Waals surface area (Å²) >= 11 is 1.44. The van der Waals surface area contributed by atoms with Crippen molar-refractivity contribution in [2.24, 2.45) is 0 Å². The Labute approximate surface area is 114 Å². The fourth-order valence-corrected chi connectivity index (χ4v) is 2.88. The van der Waals surface area contributed by atoms with Gasteiger partial charge in [-0.05, 0) is 11.4 Å². The smallest absolute Gasteiger partial charge is 0.264 e. The number of amides is 1. The molecule has 0 radical (unpaired) electrons. The number of anilines is 2. The van der Waals surface area contributed by atoms with E-state index in [2.05, 4.69) is 9.97 Å². The standard InChI is InChI=1S/C12H13N5OS/c13-10-7-6-17(11(18)9-2-1-5-19-9)4-3-8(7)15-12(14)16-10/h1-2,5H,3-4,6H2,(H4,13,14,15,16). The van der Waals surface area contributed by atoms with Crippen molar-refractivity contribution in [3.05, 3.63) is 33.6 Å². The van der Waals surface area contributed by atoms with E-state index in [0.29, 0.717) is 25.3 Å². The SMILES string of the molecule is Nc1nc(N)c2c(n1)CCN(C(=O)c1cccs1)C2. The molecule has 0 unspecified atom stereocenters. The van der Waals surface area contributed by atoms with Gasteiger partial charge in [-0.2, -0.15) is 4.98 Å². The topological polar surface area (TPSA) is 98.1 Å². The van der Waals surface area contributed by atoms with Gasteiger partial charge in [0.15, 0.2) is 0 Å². The summed E-state index contributed by atoms with van der Waals surface area (Å²) in [5.41, 5.74) is 13.1. The summed E-state index contributed by atoms with van der Waals surface area (Å²) in [7, 11) is 0. The van der Waals surface area contributed by atoms with Crippen LogP contribution >= 0.6 is 11.3 Å². The van der Waals surface area contributed by atoms with Crippen LogP contribution in [0, 0.1) is 0 Å².